The summed E-state index contributed by atoms with van der Waals surface area (Å²) in [5.41, 5.74) is 2.77. The fourth-order valence-corrected chi connectivity index (χ4v) is 4.17. The highest BCUT2D eigenvalue weighted by Gasteiger charge is 2.25. The topological polar surface area (TPSA) is 60.2 Å². The summed E-state index contributed by atoms with van der Waals surface area (Å²) in [5.74, 6) is -0.490. The number of carbonyl (C=O) groups excluding carboxylic acids is 1. The van der Waals surface area contributed by atoms with Crippen LogP contribution in [-0.4, -0.2) is 42.0 Å². The van der Waals surface area contributed by atoms with Gasteiger partial charge >= 0.3 is 0 Å². The first-order chi connectivity index (χ1) is 14.5. The Morgan fingerprint density at radius 1 is 1.20 bits per heavy atom. The standard InChI is InChI=1S/C23H20ClFN4O/c1-15-4-2-5-16(12-15)23(30)29-9-3-8-28(10-11-29)22-17(13-26)14-27-21-19(25)7-6-18(24)20(21)22/h2,4-7,12,14H,3,8-11H2,1H3. The first kappa shape index (κ1) is 20.1. The van der Waals surface area contributed by atoms with Gasteiger partial charge in [-0.05, 0) is 37.6 Å². The number of benzene rings is 2. The molecule has 2 aromatic carbocycles. The zero-order chi connectivity index (χ0) is 21.3. The lowest BCUT2D eigenvalue weighted by molar-refractivity contribution is 0.0767. The molecule has 1 amide bonds. The predicted octanol–water partition coefficient (Wildman–Crippen LogP) is 4.56. The molecule has 1 aliphatic rings. The molecule has 1 fully saturated rings. The zero-order valence-corrected chi connectivity index (χ0v) is 17.3. The molecular weight excluding hydrogens is 403 g/mol. The van der Waals surface area contributed by atoms with Gasteiger partial charge in [-0.3, -0.25) is 9.78 Å². The molecule has 7 heteroatoms. The molecule has 0 atom stereocenters. The van der Waals surface area contributed by atoms with Crippen molar-refractivity contribution in [2.75, 3.05) is 31.1 Å². The fraction of sp³-hybridized carbons (Fsp3) is 0.261. The molecule has 0 unspecified atom stereocenters. The maximum absolute atomic E-state index is 14.3. The van der Waals surface area contributed by atoms with Gasteiger partial charge in [0.15, 0.2) is 0 Å². The second-order valence-electron chi connectivity index (χ2n) is 7.39. The molecular formula is C23H20ClFN4O. The number of rotatable bonds is 2. The highest BCUT2D eigenvalue weighted by atomic mass is 35.5. The summed E-state index contributed by atoms with van der Waals surface area (Å²) in [5, 5.41) is 10.4. The van der Waals surface area contributed by atoms with Crippen LogP contribution in [0.25, 0.3) is 10.9 Å². The van der Waals surface area contributed by atoms with E-state index in [0.717, 1.165) is 12.0 Å². The van der Waals surface area contributed by atoms with Gasteiger partial charge in [0.2, 0.25) is 0 Å². The van der Waals surface area contributed by atoms with E-state index in [4.69, 9.17) is 11.6 Å². The molecule has 0 N–H and O–H groups in total. The number of pyridine rings is 1. The van der Waals surface area contributed by atoms with E-state index in [9.17, 15) is 14.4 Å². The van der Waals surface area contributed by atoms with Gasteiger partial charge in [-0.2, -0.15) is 5.26 Å². The second-order valence-corrected chi connectivity index (χ2v) is 7.79. The molecule has 1 aliphatic heterocycles. The highest BCUT2D eigenvalue weighted by molar-refractivity contribution is 6.36. The van der Waals surface area contributed by atoms with Crippen LogP contribution < -0.4 is 4.90 Å². The fourth-order valence-electron chi connectivity index (χ4n) is 3.93. The van der Waals surface area contributed by atoms with Crippen LogP contribution in [0.5, 0.6) is 0 Å². The molecule has 0 radical (unpaired) electrons. The van der Waals surface area contributed by atoms with Crippen LogP contribution in [0.3, 0.4) is 0 Å². The first-order valence-corrected chi connectivity index (χ1v) is 10.1. The van der Waals surface area contributed by atoms with Crippen LogP contribution in [0.4, 0.5) is 10.1 Å². The molecule has 30 heavy (non-hydrogen) atoms. The number of carbonyl (C=O) groups is 1. The summed E-state index contributed by atoms with van der Waals surface area (Å²) in [4.78, 5) is 20.9. The van der Waals surface area contributed by atoms with Crippen molar-refractivity contribution in [2.45, 2.75) is 13.3 Å². The number of hydrogen-bond acceptors (Lipinski definition) is 4. The van der Waals surface area contributed by atoms with Gasteiger partial charge in [0.25, 0.3) is 5.91 Å². The monoisotopic (exact) mass is 422 g/mol. The van der Waals surface area contributed by atoms with Crippen molar-refractivity contribution in [1.82, 2.24) is 9.88 Å². The first-order valence-electron chi connectivity index (χ1n) is 9.77. The van der Waals surface area contributed by atoms with Crippen molar-refractivity contribution < 1.29 is 9.18 Å². The average molecular weight is 423 g/mol. The number of aryl methyl sites for hydroxylation is 1. The molecule has 0 spiro atoms. The molecule has 4 rings (SSSR count). The summed E-state index contributed by atoms with van der Waals surface area (Å²) in [6.45, 7) is 4.20. The number of nitrogens with zero attached hydrogens (tertiary/aromatic N) is 4. The summed E-state index contributed by atoms with van der Waals surface area (Å²) < 4.78 is 14.3. The molecule has 3 aromatic rings. The van der Waals surface area contributed by atoms with Gasteiger partial charge in [-0.1, -0.05) is 29.3 Å². The third-order valence-corrected chi connectivity index (χ3v) is 5.69. The van der Waals surface area contributed by atoms with Crippen molar-refractivity contribution in [3.63, 3.8) is 0 Å². The Kier molecular flexibility index (Phi) is 5.56. The maximum atomic E-state index is 14.3. The van der Waals surface area contributed by atoms with E-state index in [-0.39, 0.29) is 11.4 Å². The van der Waals surface area contributed by atoms with Crippen molar-refractivity contribution >= 4 is 34.1 Å². The highest BCUT2D eigenvalue weighted by Crippen LogP contribution is 2.36. The number of amides is 1. The minimum absolute atomic E-state index is 0.00952. The Morgan fingerprint density at radius 3 is 2.80 bits per heavy atom. The lowest BCUT2D eigenvalue weighted by Gasteiger charge is -2.26. The minimum atomic E-state index is -0.480. The second kappa shape index (κ2) is 8.29. The Bertz CT molecular complexity index is 1170. The average Bonchev–Trinajstić information content (AvgIpc) is 3.01. The largest absolute Gasteiger partial charge is 0.368 e. The number of hydrogen-bond donors (Lipinski definition) is 0. The van der Waals surface area contributed by atoms with Gasteiger partial charge in [-0.15, -0.1) is 0 Å². The number of anilines is 1. The molecule has 1 aromatic heterocycles. The van der Waals surface area contributed by atoms with Crippen LogP contribution >= 0.6 is 11.6 Å². The number of aromatic nitrogens is 1. The smallest absolute Gasteiger partial charge is 0.253 e. The molecule has 152 valence electrons. The Labute approximate surface area is 179 Å². The van der Waals surface area contributed by atoms with Gasteiger partial charge in [-0.25, -0.2) is 4.39 Å². The molecule has 2 heterocycles. The summed E-state index contributed by atoms with van der Waals surface area (Å²) in [6.07, 6.45) is 2.11. The summed E-state index contributed by atoms with van der Waals surface area (Å²) >= 11 is 6.39. The maximum Gasteiger partial charge on any atom is 0.253 e. The molecule has 0 saturated carbocycles. The van der Waals surface area contributed by atoms with E-state index in [1.807, 2.05) is 41.0 Å². The summed E-state index contributed by atoms with van der Waals surface area (Å²) in [7, 11) is 0. The molecule has 0 bridgehead atoms. The minimum Gasteiger partial charge on any atom is -0.368 e. The molecule has 5 nitrogen and oxygen atoms in total. The van der Waals surface area contributed by atoms with Crippen molar-refractivity contribution in [3.05, 3.63) is 70.1 Å². The van der Waals surface area contributed by atoms with Gasteiger partial charge < -0.3 is 9.80 Å². The van der Waals surface area contributed by atoms with E-state index in [2.05, 4.69) is 11.1 Å². The Hall–Kier alpha value is -3.17. The number of halogens is 2. The van der Waals surface area contributed by atoms with Crippen LogP contribution in [0.2, 0.25) is 5.02 Å². The number of fused-ring (bicyclic) bond motifs is 1. The van der Waals surface area contributed by atoms with Gasteiger partial charge in [0.05, 0.1) is 16.3 Å². The van der Waals surface area contributed by atoms with Crippen molar-refractivity contribution in [3.8, 4) is 6.07 Å². The third kappa shape index (κ3) is 3.69. The Balaban J connectivity index is 1.67. The van der Waals surface area contributed by atoms with E-state index in [1.54, 1.807) is 0 Å². The van der Waals surface area contributed by atoms with Crippen molar-refractivity contribution in [1.29, 1.82) is 5.26 Å². The quantitative estimate of drug-likeness (QED) is 0.607. The van der Waals surface area contributed by atoms with Gasteiger partial charge in [0.1, 0.15) is 17.4 Å². The van der Waals surface area contributed by atoms with E-state index in [0.29, 0.717) is 53.4 Å². The van der Waals surface area contributed by atoms with Crippen LogP contribution in [0, 0.1) is 24.1 Å². The molecule has 0 aliphatic carbocycles. The van der Waals surface area contributed by atoms with Crippen molar-refractivity contribution in [2.24, 2.45) is 0 Å². The lowest BCUT2D eigenvalue weighted by atomic mass is 10.1. The molecule has 1 saturated heterocycles. The van der Waals surface area contributed by atoms with Crippen LogP contribution in [0.15, 0.2) is 42.6 Å². The van der Waals surface area contributed by atoms with E-state index >= 15 is 0 Å². The normalized spacial score (nSPS) is 14.5. The zero-order valence-electron chi connectivity index (χ0n) is 16.5. The van der Waals surface area contributed by atoms with E-state index < -0.39 is 5.82 Å². The predicted molar refractivity (Wildman–Crippen MR) is 115 cm³/mol. The van der Waals surface area contributed by atoms with Crippen LogP contribution in [0.1, 0.15) is 27.9 Å². The lowest BCUT2D eigenvalue weighted by Crippen LogP contribution is -2.35. The number of nitriles is 1. The van der Waals surface area contributed by atoms with Crippen LogP contribution in [-0.2, 0) is 0 Å². The SMILES string of the molecule is Cc1cccc(C(=O)N2CCCN(c3c(C#N)cnc4c(F)ccc(Cl)c34)CC2)c1. The Morgan fingerprint density at radius 2 is 2.03 bits per heavy atom. The van der Waals surface area contributed by atoms with Gasteiger partial charge in [0, 0.05) is 43.3 Å². The van der Waals surface area contributed by atoms with E-state index in [1.165, 1.54) is 18.3 Å². The third-order valence-electron chi connectivity index (χ3n) is 5.38. The summed E-state index contributed by atoms with van der Waals surface area (Å²) in [6, 6.07) is 12.5.